The van der Waals surface area contributed by atoms with Crippen LogP contribution in [0.5, 0.6) is 0 Å². The van der Waals surface area contributed by atoms with E-state index in [0.29, 0.717) is 31.2 Å². The molecular weight excluding hydrogens is 301 g/mol. The summed E-state index contributed by atoms with van der Waals surface area (Å²) in [5, 5.41) is 7.01. The number of aryl methyl sites for hydroxylation is 1. The summed E-state index contributed by atoms with van der Waals surface area (Å²) in [4.78, 5) is 4.10. The summed E-state index contributed by atoms with van der Waals surface area (Å²) < 4.78 is 18.8. The van der Waals surface area contributed by atoms with Gasteiger partial charge >= 0.3 is 0 Å². The maximum atomic E-state index is 13.0. The number of benzene rings is 1. The summed E-state index contributed by atoms with van der Waals surface area (Å²) in [6.07, 6.45) is 0.685. The van der Waals surface area contributed by atoms with Crippen LogP contribution in [0.2, 0.25) is 0 Å². The Bertz CT molecular complexity index is 530. The van der Waals surface area contributed by atoms with Crippen LogP contribution in [0.4, 0.5) is 4.39 Å². The molecule has 1 aromatic heterocycles. The van der Waals surface area contributed by atoms with Crippen molar-refractivity contribution in [2.75, 3.05) is 6.54 Å². The number of hydrogen-bond donors (Lipinski definition) is 1. The molecule has 1 aromatic carbocycles. The molecule has 4 nitrogen and oxygen atoms in total. The van der Waals surface area contributed by atoms with Crippen LogP contribution in [0.25, 0.3) is 0 Å². The van der Waals surface area contributed by atoms with Crippen LogP contribution in [0.3, 0.4) is 0 Å². The first kappa shape index (κ1) is 13.2. The zero-order valence-electron chi connectivity index (χ0n) is 9.91. The third kappa shape index (κ3) is 3.61. The number of nitrogens with one attached hydrogen (secondary N) is 1. The van der Waals surface area contributed by atoms with Crippen LogP contribution in [0, 0.1) is 12.7 Å². The van der Waals surface area contributed by atoms with Gasteiger partial charge in [0.05, 0.1) is 0 Å². The largest absolute Gasteiger partial charge is 0.340 e. The Hall–Kier alpha value is -1.27. The van der Waals surface area contributed by atoms with E-state index in [1.807, 2.05) is 0 Å². The van der Waals surface area contributed by atoms with E-state index in [-0.39, 0.29) is 5.82 Å². The zero-order valence-corrected chi connectivity index (χ0v) is 11.5. The Morgan fingerprint density at radius 1 is 1.44 bits per heavy atom. The number of nitrogens with zero attached hydrogens (tertiary/aromatic N) is 2. The molecule has 0 unspecified atom stereocenters. The maximum Gasteiger partial charge on any atom is 0.223 e. The van der Waals surface area contributed by atoms with E-state index >= 15 is 0 Å². The van der Waals surface area contributed by atoms with Gasteiger partial charge in [-0.1, -0.05) is 21.1 Å². The quantitative estimate of drug-likeness (QED) is 0.862. The number of aromatic nitrogens is 2. The molecule has 0 aliphatic heterocycles. The minimum absolute atomic E-state index is 0.233. The van der Waals surface area contributed by atoms with Crippen LogP contribution in [-0.4, -0.2) is 16.7 Å². The predicted octanol–water partition coefficient (Wildman–Crippen LogP) is 2.61. The molecule has 1 N–H and O–H groups in total. The fourth-order valence-corrected chi connectivity index (χ4v) is 1.93. The van der Waals surface area contributed by atoms with Gasteiger partial charge in [0.25, 0.3) is 0 Å². The summed E-state index contributed by atoms with van der Waals surface area (Å²) in [7, 11) is 0. The monoisotopic (exact) mass is 313 g/mol. The topological polar surface area (TPSA) is 51.0 Å². The molecule has 0 spiro atoms. The lowest BCUT2D eigenvalue weighted by Crippen LogP contribution is -2.17. The Kier molecular flexibility index (Phi) is 4.43. The first-order valence-electron chi connectivity index (χ1n) is 5.59. The molecule has 0 atom stereocenters. The van der Waals surface area contributed by atoms with Gasteiger partial charge in [-0.3, -0.25) is 0 Å². The lowest BCUT2D eigenvalue weighted by atomic mass is 10.2. The fourth-order valence-electron chi connectivity index (χ4n) is 1.54. The van der Waals surface area contributed by atoms with Crippen molar-refractivity contribution in [3.05, 3.63) is 45.8 Å². The van der Waals surface area contributed by atoms with E-state index in [0.717, 1.165) is 10.0 Å². The molecule has 0 aliphatic carbocycles. The molecule has 0 aliphatic rings. The average molecular weight is 314 g/mol. The van der Waals surface area contributed by atoms with Crippen molar-refractivity contribution >= 4 is 15.9 Å². The van der Waals surface area contributed by atoms with Crippen LogP contribution >= 0.6 is 15.9 Å². The SMILES string of the molecule is Cc1nc(CCNCc2cc(F)ccc2Br)no1. The van der Waals surface area contributed by atoms with Crippen molar-refractivity contribution in [2.45, 2.75) is 19.9 Å². The van der Waals surface area contributed by atoms with Gasteiger partial charge in [0.15, 0.2) is 5.82 Å². The van der Waals surface area contributed by atoms with Gasteiger partial charge in [-0.2, -0.15) is 4.98 Å². The molecule has 0 saturated heterocycles. The van der Waals surface area contributed by atoms with Gasteiger partial charge in [-0.15, -0.1) is 0 Å². The minimum atomic E-state index is -0.233. The highest BCUT2D eigenvalue weighted by Gasteiger charge is 2.03. The molecule has 0 saturated carbocycles. The highest BCUT2D eigenvalue weighted by Crippen LogP contribution is 2.17. The van der Waals surface area contributed by atoms with E-state index in [4.69, 9.17) is 4.52 Å². The molecule has 0 fully saturated rings. The average Bonchev–Trinajstić information content (AvgIpc) is 2.75. The highest BCUT2D eigenvalue weighted by atomic mass is 79.9. The molecular formula is C12H13BrFN3O. The second-order valence-electron chi connectivity index (χ2n) is 3.89. The first-order valence-corrected chi connectivity index (χ1v) is 6.38. The van der Waals surface area contributed by atoms with Crippen LogP contribution in [0.1, 0.15) is 17.3 Å². The smallest absolute Gasteiger partial charge is 0.223 e. The van der Waals surface area contributed by atoms with Crippen LogP contribution in [-0.2, 0) is 13.0 Å². The molecule has 2 rings (SSSR count). The van der Waals surface area contributed by atoms with E-state index < -0.39 is 0 Å². The van der Waals surface area contributed by atoms with Gasteiger partial charge in [-0.25, -0.2) is 4.39 Å². The maximum absolute atomic E-state index is 13.0. The molecule has 0 radical (unpaired) electrons. The molecule has 18 heavy (non-hydrogen) atoms. The predicted molar refractivity (Wildman–Crippen MR) is 68.5 cm³/mol. The summed E-state index contributed by atoms with van der Waals surface area (Å²) >= 11 is 3.38. The first-order chi connectivity index (χ1) is 8.65. The van der Waals surface area contributed by atoms with Crippen molar-refractivity contribution in [1.82, 2.24) is 15.5 Å². The molecule has 0 amide bonds. The van der Waals surface area contributed by atoms with Crippen LogP contribution in [0.15, 0.2) is 27.2 Å². The fraction of sp³-hybridized carbons (Fsp3) is 0.333. The molecule has 2 aromatic rings. The standard InChI is InChI=1S/C12H13BrFN3O/c1-8-16-12(17-18-8)4-5-15-7-9-6-10(14)2-3-11(9)13/h2-3,6,15H,4-5,7H2,1H3. The van der Waals surface area contributed by atoms with E-state index in [1.54, 1.807) is 13.0 Å². The van der Waals surface area contributed by atoms with Gasteiger partial charge in [0, 0.05) is 30.9 Å². The normalized spacial score (nSPS) is 10.8. The lowest BCUT2D eigenvalue weighted by molar-refractivity contribution is 0.387. The Labute approximate surface area is 113 Å². The third-order valence-corrected chi connectivity index (χ3v) is 3.19. The van der Waals surface area contributed by atoms with E-state index in [9.17, 15) is 4.39 Å². The van der Waals surface area contributed by atoms with Crippen molar-refractivity contribution in [2.24, 2.45) is 0 Å². The van der Waals surface area contributed by atoms with Crippen molar-refractivity contribution in [1.29, 1.82) is 0 Å². The summed E-state index contributed by atoms with van der Waals surface area (Å²) in [6, 6.07) is 4.64. The Morgan fingerprint density at radius 3 is 3.00 bits per heavy atom. The number of hydrogen-bond acceptors (Lipinski definition) is 4. The lowest BCUT2D eigenvalue weighted by Gasteiger charge is -2.05. The van der Waals surface area contributed by atoms with Gasteiger partial charge < -0.3 is 9.84 Å². The van der Waals surface area contributed by atoms with E-state index in [1.165, 1.54) is 12.1 Å². The minimum Gasteiger partial charge on any atom is -0.340 e. The van der Waals surface area contributed by atoms with Crippen molar-refractivity contribution in [3.8, 4) is 0 Å². The Balaban J connectivity index is 1.80. The summed E-state index contributed by atoms with van der Waals surface area (Å²) in [5.74, 6) is 1.01. The summed E-state index contributed by atoms with van der Waals surface area (Å²) in [5.41, 5.74) is 0.888. The zero-order chi connectivity index (χ0) is 13.0. The second-order valence-corrected chi connectivity index (χ2v) is 4.75. The Morgan fingerprint density at radius 2 is 2.28 bits per heavy atom. The summed E-state index contributed by atoms with van der Waals surface area (Å²) in [6.45, 7) is 3.06. The molecule has 0 bridgehead atoms. The second kappa shape index (κ2) is 6.06. The molecule has 6 heteroatoms. The van der Waals surface area contributed by atoms with Gasteiger partial charge in [0.2, 0.25) is 5.89 Å². The highest BCUT2D eigenvalue weighted by molar-refractivity contribution is 9.10. The third-order valence-electron chi connectivity index (χ3n) is 2.42. The van der Waals surface area contributed by atoms with Crippen molar-refractivity contribution in [3.63, 3.8) is 0 Å². The van der Waals surface area contributed by atoms with Gasteiger partial charge in [-0.05, 0) is 23.8 Å². The number of rotatable bonds is 5. The number of halogens is 2. The van der Waals surface area contributed by atoms with E-state index in [2.05, 4.69) is 31.4 Å². The van der Waals surface area contributed by atoms with Crippen molar-refractivity contribution < 1.29 is 8.91 Å². The van der Waals surface area contributed by atoms with Gasteiger partial charge in [0.1, 0.15) is 5.82 Å². The molecule has 96 valence electrons. The molecule has 1 heterocycles. The van der Waals surface area contributed by atoms with Crippen LogP contribution < -0.4 is 5.32 Å².